The monoisotopic (exact) mass is 609 g/mol. The molecule has 0 bridgehead atoms. The Hall–Kier alpha value is -4.05. The molecule has 0 aliphatic rings. The van der Waals surface area contributed by atoms with Gasteiger partial charge < -0.3 is 19.7 Å². The van der Waals surface area contributed by atoms with Crippen molar-refractivity contribution in [3.63, 3.8) is 0 Å². The van der Waals surface area contributed by atoms with Crippen molar-refractivity contribution >= 4 is 27.5 Å². The van der Waals surface area contributed by atoms with Gasteiger partial charge in [-0.15, -0.1) is 0 Å². The summed E-state index contributed by atoms with van der Waals surface area (Å²) in [6.07, 6.45) is 0.731. The highest BCUT2D eigenvalue weighted by molar-refractivity contribution is 7.92. The molecule has 3 aromatic rings. The van der Waals surface area contributed by atoms with E-state index in [4.69, 9.17) is 9.47 Å². The summed E-state index contributed by atoms with van der Waals surface area (Å²) in [7, 11) is -1.38. The number of nitrogens with zero attached hydrogens (tertiary/aromatic N) is 2. The number of carbonyl (C=O) groups excluding carboxylic acids is 2. The van der Waals surface area contributed by atoms with E-state index in [-0.39, 0.29) is 29.1 Å². The Morgan fingerprint density at radius 2 is 1.44 bits per heavy atom. The zero-order valence-corrected chi connectivity index (χ0v) is 27.1. The van der Waals surface area contributed by atoms with Gasteiger partial charge in [-0.1, -0.05) is 42.8 Å². The molecule has 0 fully saturated rings. The van der Waals surface area contributed by atoms with E-state index in [0.717, 1.165) is 33.0 Å². The molecule has 3 rings (SSSR count). The fraction of sp³-hybridized carbons (Fsp3) is 0.394. The smallest absolute Gasteiger partial charge is 0.264 e. The highest BCUT2D eigenvalue weighted by atomic mass is 32.2. The first-order valence-electron chi connectivity index (χ1n) is 14.3. The van der Waals surface area contributed by atoms with Gasteiger partial charge in [0.2, 0.25) is 11.8 Å². The van der Waals surface area contributed by atoms with Crippen LogP contribution >= 0.6 is 0 Å². The first kappa shape index (κ1) is 33.5. The van der Waals surface area contributed by atoms with Crippen molar-refractivity contribution in [3.8, 4) is 11.5 Å². The van der Waals surface area contributed by atoms with Crippen molar-refractivity contribution in [2.45, 2.75) is 71.5 Å². The Balaban J connectivity index is 2.10. The molecule has 0 aliphatic heterocycles. The number of sulfonamides is 1. The van der Waals surface area contributed by atoms with Crippen LogP contribution in [0.25, 0.3) is 0 Å². The summed E-state index contributed by atoms with van der Waals surface area (Å²) in [4.78, 5) is 28.8. The minimum atomic E-state index is -4.27. The molecule has 0 heterocycles. The highest BCUT2D eigenvalue weighted by Gasteiger charge is 2.33. The maximum atomic E-state index is 14.2. The fourth-order valence-electron chi connectivity index (χ4n) is 4.67. The molecule has 9 nitrogen and oxygen atoms in total. The van der Waals surface area contributed by atoms with Crippen molar-refractivity contribution in [2.75, 3.05) is 25.1 Å². The lowest BCUT2D eigenvalue weighted by atomic mass is 10.1. The van der Waals surface area contributed by atoms with Gasteiger partial charge in [-0.3, -0.25) is 13.9 Å². The molecule has 232 valence electrons. The van der Waals surface area contributed by atoms with Crippen LogP contribution in [0.2, 0.25) is 0 Å². The van der Waals surface area contributed by atoms with Crippen LogP contribution in [0.4, 0.5) is 5.69 Å². The lowest BCUT2D eigenvalue weighted by molar-refractivity contribution is -0.139. The predicted octanol–water partition coefficient (Wildman–Crippen LogP) is 5.16. The Morgan fingerprint density at radius 1 is 0.837 bits per heavy atom. The molecule has 1 N–H and O–H groups in total. The van der Waals surface area contributed by atoms with Gasteiger partial charge in [0.25, 0.3) is 10.0 Å². The van der Waals surface area contributed by atoms with Gasteiger partial charge in [-0.25, -0.2) is 8.42 Å². The molecule has 0 aliphatic carbocycles. The molecule has 0 saturated carbocycles. The van der Waals surface area contributed by atoms with Gasteiger partial charge in [-0.05, 0) is 82.0 Å². The topological polar surface area (TPSA) is 105 Å². The van der Waals surface area contributed by atoms with E-state index in [1.807, 2.05) is 65.0 Å². The molecule has 0 saturated heterocycles. The van der Waals surface area contributed by atoms with E-state index in [2.05, 4.69) is 5.32 Å². The highest BCUT2D eigenvalue weighted by Crippen LogP contribution is 2.33. The minimum absolute atomic E-state index is 0.0650. The number of rotatable bonds is 13. The Bertz CT molecular complexity index is 1520. The second-order valence-corrected chi connectivity index (χ2v) is 12.7. The molecule has 3 aromatic carbocycles. The maximum Gasteiger partial charge on any atom is 0.264 e. The maximum absolute atomic E-state index is 14.2. The number of aryl methyl sites for hydroxylation is 3. The zero-order valence-electron chi connectivity index (χ0n) is 26.3. The van der Waals surface area contributed by atoms with Crippen LogP contribution in [0.1, 0.15) is 49.4 Å². The van der Waals surface area contributed by atoms with Crippen LogP contribution in [0, 0.1) is 20.8 Å². The van der Waals surface area contributed by atoms with Crippen molar-refractivity contribution in [1.29, 1.82) is 0 Å². The predicted molar refractivity (Wildman–Crippen MR) is 169 cm³/mol. The fourth-order valence-corrected chi connectivity index (χ4v) is 6.08. The summed E-state index contributed by atoms with van der Waals surface area (Å²) in [5.41, 5.74) is 3.90. The van der Waals surface area contributed by atoms with Gasteiger partial charge in [0.05, 0.1) is 24.8 Å². The van der Waals surface area contributed by atoms with Crippen molar-refractivity contribution in [1.82, 2.24) is 10.2 Å². The molecule has 0 radical (unpaired) electrons. The quantitative estimate of drug-likeness (QED) is 0.287. The van der Waals surface area contributed by atoms with Gasteiger partial charge in [0.1, 0.15) is 12.6 Å². The summed E-state index contributed by atoms with van der Waals surface area (Å²) in [6.45, 7) is 10.8. The van der Waals surface area contributed by atoms with Crippen LogP contribution in [0.15, 0.2) is 65.6 Å². The third kappa shape index (κ3) is 8.28. The van der Waals surface area contributed by atoms with Gasteiger partial charge in [0, 0.05) is 18.7 Å². The van der Waals surface area contributed by atoms with Gasteiger partial charge in [0.15, 0.2) is 11.5 Å². The Kier molecular flexibility index (Phi) is 11.2. The molecule has 2 amide bonds. The van der Waals surface area contributed by atoms with Crippen molar-refractivity contribution < 1.29 is 27.5 Å². The molecule has 0 spiro atoms. The number of benzene rings is 3. The summed E-state index contributed by atoms with van der Waals surface area (Å²) in [5.74, 6) is -0.210. The molecular weight excluding hydrogens is 566 g/mol. The number of hydrogen-bond acceptors (Lipinski definition) is 6. The standard InChI is InChI=1S/C33H43N3O6S/c1-9-25(5)34-33(38)26(6)35(20-27-12-10-22(2)11-13-27)32(37)21-36(28-17-23(3)16-24(4)18-28)43(39,40)29-14-15-30(41-7)31(19-29)42-8/h10-19,25-26H,9,20-21H2,1-8H3,(H,34,38)/t25-,26-/m0/s1. The number of hydrogen-bond donors (Lipinski definition) is 1. The second kappa shape index (κ2) is 14.4. The van der Waals surface area contributed by atoms with Crippen molar-refractivity contribution in [2.24, 2.45) is 0 Å². The number of amides is 2. The zero-order chi connectivity index (χ0) is 31.9. The normalized spacial score (nSPS) is 12.7. The molecule has 0 aromatic heterocycles. The Morgan fingerprint density at radius 3 is 2.00 bits per heavy atom. The number of ether oxygens (including phenoxy) is 2. The number of carbonyl (C=O) groups is 2. The van der Waals surface area contributed by atoms with Crippen LogP contribution in [0.3, 0.4) is 0 Å². The number of nitrogens with one attached hydrogen (secondary N) is 1. The molecule has 0 unspecified atom stereocenters. The molecular formula is C33H43N3O6S. The second-order valence-electron chi connectivity index (χ2n) is 10.9. The van der Waals surface area contributed by atoms with E-state index in [9.17, 15) is 18.0 Å². The lowest BCUT2D eigenvalue weighted by Crippen LogP contribution is -2.52. The van der Waals surface area contributed by atoms with Crippen LogP contribution in [-0.2, 0) is 26.2 Å². The van der Waals surface area contributed by atoms with Crippen LogP contribution in [0.5, 0.6) is 11.5 Å². The average molecular weight is 610 g/mol. The largest absolute Gasteiger partial charge is 0.493 e. The first-order chi connectivity index (χ1) is 20.3. The summed E-state index contributed by atoms with van der Waals surface area (Å²) in [6, 6.07) is 16.4. The minimum Gasteiger partial charge on any atom is -0.493 e. The van der Waals surface area contributed by atoms with Gasteiger partial charge in [-0.2, -0.15) is 0 Å². The van der Waals surface area contributed by atoms with Crippen LogP contribution < -0.4 is 19.1 Å². The van der Waals surface area contributed by atoms with E-state index in [0.29, 0.717) is 11.4 Å². The van der Waals surface area contributed by atoms with Crippen LogP contribution in [-0.4, -0.2) is 58.0 Å². The van der Waals surface area contributed by atoms with E-state index in [1.54, 1.807) is 19.1 Å². The molecule has 2 atom stereocenters. The van der Waals surface area contributed by atoms with E-state index < -0.39 is 28.5 Å². The summed E-state index contributed by atoms with van der Waals surface area (Å²) < 4.78 is 40.2. The summed E-state index contributed by atoms with van der Waals surface area (Å²) in [5, 5.41) is 2.95. The third-order valence-corrected chi connectivity index (χ3v) is 9.13. The summed E-state index contributed by atoms with van der Waals surface area (Å²) >= 11 is 0. The first-order valence-corrected chi connectivity index (χ1v) is 15.7. The SMILES string of the molecule is CC[C@H](C)NC(=O)[C@H](C)N(Cc1ccc(C)cc1)C(=O)CN(c1cc(C)cc(C)c1)S(=O)(=O)c1ccc(OC)c(OC)c1. The van der Waals surface area contributed by atoms with Crippen molar-refractivity contribution in [3.05, 3.63) is 82.9 Å². The third-order valence-electron chi connectivity index (χ3n) is 7.36. The molecule has 10 heteroatoms. The average Bonchev–Trinajstić information content (AvgIpc) is 2.97. The lowest BCUT2D eigenvalue weighted by Gasteiger charge is -2.32. The Labute approximate surface area is 255 Å². The van der Waals surface area contributed by atoms with Gasteiger partial charge >= 0.3 is 0 Å². The number of methoxy groups -OCH3 is 2. The number of anilines is 1. The van der Waals surface area contributed by atoms with E-state index >= 15 is 0 Å². The molecule has 43 heavy (non-hydrogen) atoms. The van der Waals surface area contributed by atoms with E-state index in [1.165, 1.54) is 37.3 Å².